The number of hydrogen-bond donors (Lipinski definition) is 1. The Morgan fingerprint density at radius 3 is 2.81 bits per heavy atom. The van der Waals surface area contributed by atoms with Gasteiger partial charge in [0.15, 0.2) is 23.4 Å². The molecule has 3 aromatic rings. The van der Waals surface area contributed by atoms with Gasteiger partial charge in [-0.25, -0.2) is 13.8 Å². The molecule has 0 unspecified atom stereocenters. The fourth-order valence-electron chi connectivity index (χ4n) is 2.10. The van der Waals surface area contributed by atoms with Crippen molar-refractivity contribution in [2.45, 2.75) is 0 Å². The molecule has 130 valence electrons. The van der Waals surface area contributed by atoms with Crippen LogP contribution in [-0.2, 0) is 4.79 Å². The molecule has 5 nitrogen and oxygen atoms in total. The zero-order valence-corrected chi connectivity index (χ0v) is 14.0. The summed E-state index contributed by atoms with van der Waals surface area (Å²) in [6.07, 6.45) is 0. The summed E-state index contributed by atoms with van der Waals surface area (Å²) < 4.78 is 31.6. The van der Waals surface area contributed by atoms with E-state index in [0.717, 1.165) is 23.5 Å². The molecule has 0 saturated heterocycles. The average molecular weight is 371 g/mol. The van der Waals surface area contributed by atoms with E-state index in [4.69, 9.17) is 10.00 Å². The van der Waals surface area contributed by atoms with Gasteiger partial charge in [0.1, 0.15) is 11.8 Å². The number of carbonyl (C=O) groups is 1. The Morgan fingerprint density at radius 2 is 2.04 bits per heavy atom. The molecule has 1 aromatic heterocycles. The number of benzene rings is 2. The Bertz CT molecular complexity index is 998. The highest BCUT2D eigenvalue weighted by molar-refractivity contribution is 7.14. The van der Waals surface area contributed by atoms with Gasteiger partial charge in [-0.05, 0) is 30.3 Å². The van der Waals surface area contributed by atoms with Gasteiger partial charge in [-0.2, -0.15) is 5.26 Å². The summed E-state index contributed by atoms with van der Waals surface area (Å²) in [5.74, 6) is -2.05. The fourth-order valence-corrected chi connectivity index (χ4v) is 2.84. The van der Waals surface area contributed by atoms with E-state index in [1.165, 1.54) is 6.07 Å². The number of halogens is 2. The fraction of sp³-hybridized carbons (Fsp3) is 0.0556. The van der Waals surface area contributed by atoms with Gasteiger partial charge in [0.2, 0.25) is 0 Å². The second kappa shape index (κ2) is 7.72. The summed E-state index contributed by atoms with van der Waals surface area (Å²) >= 11 is 1.14. The first-order valence-electron chi connectivity index (χ1n) is 7.39. The second-order valence-corrected chi connectivity index (χ2v) is 5.97. The normalized spacial score (nSPS) is 10.2. The topological polar surface area (TPSA) is 75.0 Å². The van der Waals surface area contributed by atoms with Crippen molar-refractivity contribution in [3.05, 3.63) is 65.0 Å². The van der Waals surface area contributed by atoms with Crippen LogP contribution in [0.1, 0.15) is 5.56 Å². The van der Waals surface area contributed by atoms with Gasteiger partial charge in [-0.15, -0.1) is 11.3 Å². The summed E-state index contributed by atoms with van der Waals surface area (Å²) in [4.78, 5) is 16.1. The quantitative estimate of drug-likeness (QED) is 0.736. The molecule has 3 rings (SSSR count). The first-order chi connectivity index (χ1) is 12.6. The molecular weight excluding hydrogens is 360 g/mol. The van der Waals surface area contributed by atoms with Gasteiger partial charge in [-0.3, -0.25) is 10.1 Å². The van der Waals surface area contributed by atoms with Gasteiger partial charge in [0, 0.05) is 10.9 Å². The standard InChI is InChI=1S/C18H11F2N3O2S/c19-13-6-5-11(7-14(13)20)15-10-26-18(22-15)23-17(24)9-25-16-4-2-1-3-12(16)8-21/h1-7,10H,9H2,(H,22,23,24). The Morgan fingerprint density at radius 1 is 1.23 bits per heavy atom. The number of thiazole rings is 1. The molecule has 0 bridgehead atoms. The van der Waals surface area contributed by atoms with Crippen molar-refractivity contribution < 1.29 is 18.3 Å². The molecule has 1 heterocycles. The monoisotopic (exact) mass is 371 g/mol. The van der Waals surface area contributed by atoms with Crippen LogP contribution in [0, 0.1) is 23.0 Å². The molecule has 0 radical (unpaired) electrons. The highest BCUT2D eigenvalue weighted by atomic mass is 32.1. The van der Waals surface area contributed by atoms with Crippen LogP contribution in [0.5, 0.6) is 5.75 Å². The molecule has 8 heteroatoms. The molecule has 26 heavy (non-hydrogen) atoms. The predicted octanol–water partition coefficient (Wildman–Crippen LogP) is 3.98. The number of nitriles is 1. The number of nitrogens with one attached hydrogen (secondary N) is 1. The molecule has 0 fully saturated rings. The minimum atomic E-state index is -0.967. The maximum atomic E-state index is 13.3. The Hall–Kier alpha value is -3.31. The second-order valence-electron chi connectivity index (χ2n) is 5.11. The zero-order valence-electron chi connectivity index (χ0n) is 13.2. The average Bonchev–Trinajstić information content (AvgIpc) is 3.11. The van der Waals surface area contributed by atoms with Crippen LogP contribution in [0.3, 0.4) is 0 Å². The summed E-state index contributed by atoms with van der Waals surface area (Å²) in [6.45, 7) is -0.293. The Balaban J connectivity index is 1.63. The van der Waals surface area contributed by atoms with E-state index in [1.54, 1.807) is 29.6 Å². The minimum Gasteiger partial charge on any atom is -0.482 e. The lowest BCUT2D eigenvalue weighted by atomic mass is 10.2. The van der Waals surface area contributed by atoms with Gasteiger partial charge in [0.25, 0.3) is 5.91 Å². The summed E-state index contributed by atoms with van der Waals surface area (Å²) in [7, 11) is 0. The Kier molecular flexibility index (Phi) is 5.20. The van der Waals surface area contributed by atoms with Gasteiger partial charge >= 0.3 is 0 Å². The molecule has 0 atom stereocenters. The smallest absolute Gasteiger partial charge is 0.264 e. The molecule has 0 aliphatic rings. The van der Waals surface area contributed by atoms with Crippen molar-refractivity contribution in [3.63, 3.8) is 0 Å². The van der Waals surface area contributed by atoms with Crippen molar-refractivity contribution in [1.29, 1.82) is 5.26 Å². The van der Waals surface area contributed by atoms with Gasteiger partial charge in [-0.1, -0.05) is 12.1 Å². The highest BCUT2D eigenvalue weighted by Crippen LogP contribution is 2.26. The SMILES string of the molecule is N#Cc1ccccc1OCC(=O)Nc1nc(-c2ccc(F)c(F)c2)cs1. The van der Waals surface area contributed by atoms with Crippen molar-refractivity contribution in [2.24, 2.45) is 0 Å². The van der Waals surface area contributed by atoms with E-state index in [9.17, 15) is 13.6 Å². The van der Waals surface area contributed by atoms with Crippen molar-refractivity contribution in [2.75, 3.05) is 11.9 Å². The number of hydrogen-bond acceptors (Lipinski definition) is 5. The number of ether oxygens (including phenoxy) is 1. The lowest BCUT2D eigenvalue weighted by Crippen LogP contribution is -2.20. The minimum absolute atomic E-state index is 0.293. The number of carbonyl (C=O) groups excluding carboxylic acids is 1. The number of para-hydroxylation sites is 1. The molecule has 2 aromatic carbocycles. The van der Waals surface area contributed by atoms with Crippen LogP contribution < -0.4 is 10.1 Å². The largest absolute Gasteiger partial charge is 0.482 e. The van der Waals surface area contributed by atoms with Crippen molar-refractivity contribution in [1.82, 2.24) is 4.98 Å². The van der Waals surface area contributed by atoms with E-state index in [1.807, 2.05) is 6.07 Å². The maximum Gasteiger partial charge on any atom is 0.264 e. The zero-order chi connectivity index (χ0) is 18.5. The van der Waals surface area contributed by atoms with Crippen LogP contribution in [0.15, 0.2) is 47.8 Å². The molecular formula is C18H11F2N3O2S. The van der Waals surface area contributed by atoms with E-state index in [-0.39, 0.29) is 6.61 Å². The van der Waals surface area contributed by atoms with Crippen molar-refractivity contribution in [3.8, 4) is 23.1 Å². The summed E-state index contributed by atoms with van der Waals surface area (Å²) in [5, 5.41) is 13.5. The lowest BCUT2D eigenvalue weighted by molar-refractivity contribution is -0.118. The van der Waals surface area contributed by atoms with Crippen LogP contribution in [0.25, 0.3) is 11.3 Å². The highest BCUT2D eigenvalue weighted by Gasteiger charge is 2.11. The molecule has 0 spiro atoms. The molecule has 1 amide bonds. The van der Waals surface area contributed by atoms with E-state index in [0.29, 0.717) is 27.7 Å². The third-order valence-electron chi connectivity index (χ3n) is 3.33. The summed E-state index contributed by atoms with van der Waals surface area (Å²) in [5.41, 5.74) is 1.15. The van der Waals surface area contributed by atoms with E-state index >= 15 is 0 Å². The molecule has 0 aliphatic carbocycles. The van der Waals surface area contributed by atoms with E-state index < -0.39 is 17.5 Å². The van der Waals surface area contributed by atoms with Crippen LogP contribution in [-0.4, -0.2) is 17.5 Å². The van der Waals surface area contributed by atoms with Gasteiger partial charge < -0.3 is 4.74 Å². The number of aromatic nitrogens is 1. The third-order valence-corrected chi connectivity index (χ3v) is 4.09. The van der Waals surface area contributed by atoms with E-state index in [2.05, 4.69) is 10.3 Å². The Labute approximate surface area is 151 Å². The third kappa shape index (κ3) is 4.02. The molecule has 1 N–H and O–H groups in total. The first kappa shape index (κ1) is 17.5. The number of nitrogens with zero attached hydrogens (tertiary/aromatic N) is 2. The predicted molar refractivity (Wildman–Crippen MR) is 92.7 cm³/mol. The molecule has 0 aliphatic heterocycles. The summed E-state index contributed by atoms with van der Waals surface area (Å²) in [6, 6.07) is 12.0. The lowest BCUT2D eigenvalue weighted by Gasteiger charge is -2.06. The number of rotatable bonds is 5. The van der Waals surface area contributed by atoms with Crippen molar-refractivity contribution >= 4 is 22.4 Å². The van der Waals surface area contributed by atoms with Crippen LogP contribution >= 0.6 is 11.3 Å². The maximum absolute atomic E-state index is 13.3. The molecule has 0 saturated carbocycles. The number of anilines is 1. The first-order valence-corrected chi connectivity index (χ1v) is 8.27. The van der Waals surface area contributed by atoms with Gasteiger partial charge in [0.05, 0.1) is 11.3 Å². The van der Waals surface area contributed by atoms with Crippen LogP contribution in [0.4, 0.5) is 13.9 Å². The number of amides is 1. The van der Waals surface area contributed by atoms with Crippen LogP contribution in [0.2, 0.25) is 0 Å².